The first kappa shape index (κ1) is 19.7. The van der Waals surface area contributed by atoms with E-state index in [0.29, 0.717) is 13.2 Å². The van der Waals surface area contributed by atoms with E-state index in [1.807, 2.05) is 72.1 Å². The van der Waals surface area contributed by atoms with Gasteiger partial charge in [-0.05, 0) is 35.4 Å². The summed E-state index contributed by atoms with van der Waals surface area (Å²) in [7, 11) is 0. The van der Waals surface area contributed by atoms with Gasteiger partial charge in [0.25, 0.3) is 0 Å². The molecule has 2 aromatic carbocycles. The number of nitrogens with zero attached hydrogens (tertiary/aromatic N) is 3. The topological polar surface area (TPSA) is 52.0 Å². The Labute approximate surface area is 178 Å². The van der Waals surface area contributed by atoms with E-state index < -0.39 is 0 Å². The normalized spacial score (nSPS) is 11.8. The number of benzene rings is 2. The summed E-state index contributed by atoms with van der Waals surface area (Å²) in [6.45, 7) is 4.78. The Hall–Kier alpha value is -3.64. The molecule has 6 heteroatoms. The Morgan fingerprint density at radius 3 is 2.77 bits per heavy atom. The van der Waals surface area contributed by atoms with Crippen molar-refractivity contribution in [2.24, 2.45) is 10.1 Å². The second kappa shape index (κ2) is 9.71. The van der Waals surface area contributed by atoms with Gasteiger partial charge in [-0.15, -0.1) is 17.9 Å². The molecular weight excluding hydrogens is 394 g/mol. The number of hydrogen-bond acceptors (Lipinski definition) is 5. The van der Waals surface area contributed by atoms with E-state index in [0.717, 1.165) is 33.1 Å². The molecule has 0 aliphatic carbocycles. The van der Waals surface area contributed by atoms with Gasteiger partial charge in [0.1, 0.15) is 18.1 Å². The smallest absolute Gasteiger partial charge is 0.206 e. The maximum Gasteiger partial charge on any atom is 0.206 e. The fraction of sp³-hybridized carbons (Fsp3) is 0.0833. The van der Waals surface area contributed by atoms with Crippen molar-refractivity contribution >= 4 is 17.6 Å². The molecule has 0 N–H and O–H groups in total. The van der Waals surface area contributed by atoms with Crippen LogP contribution < -0.4 is 9.54 Å². The lowest BCUT2D eigenvalue weighted by molar-refractivity contribution is 0.306. The minimum absolute atomic E-state index is 0.522. The van der Waals surface area contributed by atoms with Gasteiger partial charge in [0.2, 0.25) is 4.80 Å². The minimum Gasteiger partial charge on any atom is -0.489 e. The number of furan rings is 1. The first-order valence-corrected chi connectivity index (χ1v) is 10.4. The average Bonchev–Trinajstić information content (AvgIpc) is 3.45. The fourth-order valence-corrected chi connectivity index (χ4v) is 3.63. The molecule has 4 aromatic rings. The number of rotatable bonds is 8. The summed E-state index contributed by atoms with van der Waals surface area (Å²) < 4.78 is 13.3. The molecule has 5 nitrogen and oxygen atoms in total. The SMILES string of the molecule is C=CCN=c1scc(-c2ccco2)n1N=Cc1cccc(OCc2ccccc2)c1. The Bertz CT molecular complexity index is 1190. The van der Waals surface area contributed by atoms with Gasteiger partial charge in [-0.25, -0.2) is 4.68 Å². The minimum atomic E-state index is 0.522. The van der Waals surface area contributed by atoms with E-state index in [9.17, 15) is 0 Å². The van der Waals surface area contributed by atoms with Crippen LogP contribution >= 0.6 is 11.3 Å². The monoisotopic (exact) mass is 415 g/mol. The maximum absolute atomic E-state index is 5.92. The van der Waals surface area contributed by atoms with Crippen molar-refractivity contribution in [3.63, 3.8) is 0 Å². The van der Waals surface area contributed by atoms with E-state index in [4.69, 9.17) is 9.15 Å². The van der Waals surface area contributed by atoms with Crippen LogP contribution in [0.4, 0.5) is 0 Å². The predicted octanol–water partition coefficient (Wildman–Crippen LogP) is 5.36. The molecule has 0 atom stereocenters. The average molecular weight is 416 g/mol. The number of hydrogen-bond donors (Lipinski definition) is 0. The molecule has 2 heterocycles. The third-order valence-corrected chi connectivity index (χ3v) is 5.10. The molecule has 2 aromatic heterocycles. The van der Waals surface area contributed by atoms with Crippen molar-refractivity contribution < 1.29 is 9.15 Å². The predicted molar refractivity (Wildman–Crippen MR) is 121 cm³/mol. The van der Waals surface area contributed by atoms with Crippen molar-refractivity contribution in [1.82, 2.24) is 4.68 Å². The van der Waals surface area contributed by atoms with Crippen LogP contribution in [0.3, 0.4) is 0 Å². The Morgan fingerprint density at radius 1 is 1.07 bits per heavy atom. The molecule has 0 saturated heterocycles. The third-order valence-electron chi connectivity index (χ3n) is 4.24. The lowest BCUT2D eigenvalue weighted by Gasteiger charge is -2.07. The summed E-state index contributed by atoms with van der Waals surface area (Å²) in [6, 6.07) is 21.7. The molecule has 0 fully saturated rings. The highest BCUT2D eigenvalue weighted by molar-refractivity contribution is 7.07. The molecule has 0 unspecified atom stereocenters. The zero-order chi connectivity index (χ0) is 20.6. The molecule has 0 spiro atoms. The van der Waals surface area contributed by atoms with Crippen LogP contribution in [-0.2, 0) is 6.61 Å². The third kappa shape index (κ3) is 4.85. The number of thiazole rings is 1. The van der Waals surface area contributed by atoms with Crippen molar-refractivity contribution in [1.29, 1.82) is 0 Å². The van der Waals surface area contributed by atoms with E-state index >= 15 is 0 Å². The summed E-state index contributed by atoms with van der Waals surface area (Å²) in [5.74, 6) is 1.53. The molecule has 0 aliphatic heterocycles. The zero-order valence-electron chi connectivity index (χ0n) is 16.3. The van der Waals surface area contributed by atoms with Gasteiger partial charge in [0, 0.05) is 5.38 Å². The van der Waals surface area contributed by atoms with Crippen molar-refractivity contribution in [2.45, 2.75) is 6.61 Å². The summed E-state index contributed by atoms with van der Waals surface area (Å²) in [5, 5.41) is 6.65. The van der Waals surface area contributed by atoms with Crippen LogP contribution in [-0.4, -0.2) is 17.4 Å². The van der Waals surface area contributed by atoms with Crippen LogP contribution in [0.25, 0.3) is 11.5 Å². The zero-order valence-corrected chi connectivity index (χ0v) is 17.2. The molecular formula is C24H21N3O2S. The highest BCUT2D eigenvalue weighted by Gasteiger charge is 2.09. The van der Waals surface area contributed by atoms with Crippen LogP contribution in [0.15, 0.2) is 106 Å². The lowest BCUT2D eigenvalue weighted by atomic mass is 10.2. The number of ether oxygens (including phenoxy) is 1. The molecule has 30 heavy (non-hydrogen) atoms. The fourth-order valence-electron chi connectivity index (χ4n) is 2.81. The van der Waals surface area contributed by atoms with E-state index in [2.05, 4.69) is 16.7 Å². The van der Waals surface area contributed by atoms with Crippen LogP contribution in [0.2, 0.25) is 0 Å². The highest BCUT2D eigenvalue weighted by Crippen LogP contribution is 2.20. The molecule has 0 amide bonds. The maximum atomic E-state index is 5.92. The highest BCUT2D eigenvalue weighted by atomic mass is 32.1. The second-order valence-corrected chi connectivity index (χ2v) is 7.25. The van der Waals surface area contributed by atoms with Gasteiger partial charge in [0.05, 0.1) is 19.0 Å². The van der Waals surface area contributed by atoms with Crippen molar-refractivity contribution in [3.8, 4) is 17.2 Å². The van der Waals surface area contributed by atoms with Gasteiger partial charge in [0.15, 0.2) is 5.76 Å². The Kier molecular flexibility index (Phi) is 6.37. The molecule has 4 rings (SSSR count). The molecule has 0 bridgehead atoms. The Balaban J connectivity index is 1.58. The molecule has 0 radical (unpaired) electrons. The second-order valence-electron chi connectivity index (χ2n) is 6.41. The van der Waals surface area contributed by atoms with E-state index in [1.54, 1.807) is 23.2 Å². The van der Waals surface area contributed by atoms with Crippen LogP contribution in [0, 0.1) is 0 Å². The summed E-state index contributed by atoms with van der Waals surface area (Å²) in [6.07, 6.45) is 5.20. The van der Waals surface area contributed by atoms with E-state index in [-0.39, 0.29) is 0 Å². The van der Waals surface area contributed by atoms with Crippen molar-refractivity contribution in [2.75, 3.05) is 6.54 Å². The van der Waals surface area contributed by atoms with Crippen LogP contribution in [0.1, 0.15) is 11.1 Å². The Morgan fingerprint density at radius 2 is 1.97 bits per heavy atom. The molecule has 0 saturated carbocycles. The molecule has 0 aliphatic rings. The lowest BCUT2D eigenvalue weighted by Crippen LogP contribution is -2.12. The number of aromatic nitrogens is 1. The largest absolute Gasteiger partial charge is 0.489 e. The van der Waals surface area contributed by atoms with Gasteiger partial charge in [-0.1, -0.05) is 48.5 Å². The van der Waals surface area contributed by atoms with Gasteiger partial charge >= 0.3 is 0 Å². The standard InChI is InChI=1S/C24H21N3O2S/c1-2-13-25-24-27(22(18-30-24)23-12-7-14-28-23)26-16-20-10-6-11-21(15-20)29-17-19-8-4-3-5-9-19/h2-12,14-16,18H,1,13,17H2. The summed E-state index contributed by atoms with van der Waals surface area (Å²) in [5.41, 5.74) is 2.90. The van der Waals surface area contributed by atoms with Gasteiger partial charge in [-0.2, -0.15) is 5.10 Å². The summed E-state index contributed by atoms with van der Waals surface area (Å²) >= 11 is 1.51. The van der Waals surface area contributed by atoms with Crippen LogP contribution in [0.5, 0.6) is 5.75 Å². The van der Waals surface area contributed by atoms with Gasteiger partial charge < -0.3 is 9.15 Å². The first-order chi connectivity index (χ1) is 14.8. The first-order valence-electron chi connectivity index (χ1n) is 9.50. The van der Waals surface area contributed by atoms with Crippen molar-refractivity contribution in [3.05, 3.63) is 107 Å². The molecule has 150 valence electrons. The quantitative estimate of drug-likeness (QED) is 0.287. The van der Waals surface area contributed by atoms with Gasteiger partial charge in [-0.3, -0.25) is 4.99 Å². The summed E-state index contributed by atoms with van der Waals surface area (Å²) in [4.78, 5) is 5.30. The van der Waals surface area contributed by atoms with E-state index in [1.165, 1.54) is 11.3 Å².